The van der Waals surface area contributed by atoms with Gasteiger partial charge in [0.2, 0.25) is 0 Å². The standard InChI is InChI=1S/C17H22N2/c1-18-16-8-4-2-6-13(11-16)15-10-14-7-3-5-9-17(14)19-12-15/h3,5,7,9-10,12-13,16,18H,2,4,6,8,11H2,1H3. The van der Waals surface area contributed by atoms with Crippen molar-refractivity contribution in [3.8, 4) is 0 Å². The van der Waals surface area contributed by atoms with Crippen molar-refractivity contribution in [2.45, 2.75) is 44.1 Å². The quantitative estimate of drug-likeness (QED) is 0.823. The highest BCUT2D eigenvalue weighted by atomic mass is 14.9. The van der Waals surface area contributed by atoms with E-state index in [0.29, 0.717) is 12.0 Å². The molecule has 2 heteroatoms. The van der Waals surface area contributed by atoms with Crippen molar-refractivity contribution in [2.24, 2.45) is 0 Å². The molecule has 1 heterocycles. The monoisotopic (exact) mass is 254 g/mol. The van der Waals surface area contributed by atoms with Crippen molar-refractivity contribution < 1.29 is 0 Å². The molecule has 0 spiro atoms. The molecular formula is C17H22N2. The van der Waals surface area contributed by atoms with Gasteiger partial charge in [0.1, 0.15) is 0 Å². The maximum atomic E-state index is 4.62. The Balaban J connectivity index is 1.89. The van der Waals surface area contributed by atoms with Crippen LogP contribution in [0.4, 0.5) is 0 Å². The van der Waals surface area contributed by atoms with Crippen molar-refractivity contribution >= 4 is 10.9 Å². The molecule has 1 saturated carbocycles. The third-order valence-electron chi connectivity index (χ3n) is 4.42. The average molecular weight is 254 g/mol. The smallest absolute Gasteiger partial charge is 0.0702 e. The Kier molecular flexibility index (Phi) is 3.79. The highest BCUT2D eigenvalue weighted by Gasteiger charge is 2.20. The zero-order valence-corrected chi connectivity index (χ0v) is 11.6. The van der Waals surface area contributed by atoms with Crippen molar-refractivity contribution in [3.63, 3.8) is 0 Å². The van der Waals surface area contributed by atoms with Crippen molar-refractivity contribution in [1.29, 1.82) is 0 Å². The molecule has 19 heavy (non-hydrogen) atoms. The van der Waals surface area contributed by atoms with Gasteiger partial charge >= 0.3 is 0 Å². The second kappa shape index (κ2) is 5.70. The van der Waals surface area contributed by atoms with Crippen molar-refractivity contribution in [2.75, 3.05) is 7.05 Å². The molecular weight excluding hydrogens is 232 g/mol. The molecule has 0 aliphatic heterocycles. The summed E-state index contributed by atoms with van der Waals surface area (Å²) in [5.41, 5.74) is 2.52. The van der Waals surface area contributed by atoms with Crippen LogP contribution in [0.15, 0.2) is 36.5 Å². The molecule has 2 atom stereocenters. The Morgan fingerprint density at radius 1 is 1.16 bits per heavy atom. The molecule has 2 unspecified atom stereocenters. The molecule has 0 saturated heterocycles. The van der Waals surface area contributed by atoms with Gasteiger partial charge in [-0.3, -0.25) is 4.98 Å². The summed E-state index contributed by atoms with van der Waals surface area (Å²) in [6.45, 7) is 0. The summed E-state index contributed by atoms with van der Waals surface area (Å²) >= 11 is 0. The van der Waals surface area contributed by atoms with Crippen LogP contribution in [0.5, 0.6) is 0 Å². The van der Waals surface area contributed by atoms with E-state index in [0.717, 1.165) is 5.52 Å². The van der Waals surface area contributed by atoms with E-state index in [9.17, 15) is 0 Å². The van der Waals surface area contributed by atoms with E-state index in [-0.39, 0.29) is 0 Å². The molecule has 2 nitrogen and oxygen atoms in total. The molecule has 1 aliphatic rings. The predicted octanol–water partition coefficient (Wildman–Crippen LogP) is 3.87. The highest BCUT2D eigenvalue weighted by molar-refractivity contribution is 5.78. The lowest BCUT2D eigenvalue weighted by Gasteiger charge is -2.20. The van der Waals surface area contributed by atoms with Crippen LogP contribution >= 0.6 is 0 Å². The number of pyridine rings is 1. The number of benzene rings is 1. The molecule has 1 fully saturated rings. The van der Waals surface area contributed by atoms with E-state index in [4.69, 9.17) is 0 Å². The minimum atomic E-state index is 0.664. The lowest BCUT2D eigenvalue weighted by molar-refractivity contribution is 0.471. The number of para-hydroxylation sites is 1. The largest absolute Gasteiger partial charge is 0.317 e. The molecule has 0 radical (unpaired) electrons. The molecule has 100 valence electrons. The van der Waals surface area contributed by atoms with Gasteiger partial charge in [0.25, 0.3) is 0 Å². The van der Waals surface area contributed by atoms with E-state index >= 15 is 0 Å². The van der Waals surface area contributed by atoms with E-state index in [1.54, 1.807) is 0 Å². The number of rotatable bonds is 2. The summed E-state index contributed by atoms with van der Waals surface area (Å²) in [5, 5.41) is 4.73. The van der Waals surface area contributed by atoms with Crippen molar-refractivity contribution in [1.82, 2.24) is 10.3 Å². The topological polar surface area (TPSA) is 24.9 Å². The first-order valence-electron chi connectivity index (χ1n) is 7.39. The van der Waals surface area contributed by atoms with E-state index in [1.165, 1.54) is 43.1 Å². The average Bonchev–Trinajstić information content (AvgIpc) is 2.72. The number of fused-ring (bicyclic) bond motifs is 1. The minimum Gasteiger partial charge on any atom is -0.317 e. The van der Waals surface area contributed by atoms with E-state index in [2.05, 4.69) is 53.9 Å². The lowest BCUT2D eigenvalue weighted by Crippen LogP contribution is -2.25. The van der Waals surface area contributed by atoms with Crippen LogP contribution in [-0.2, 0) is 0 Å². The summed E-state index contributed by atoms with van der Waals surface area (Å²) in [4.78, 5) is 4.62. The predicted molar refractivity (Wildman–Crippen MR) is 80.4 cm³/mol. The van der Waals surface area contributed by atoms with Crippen LogP contribution in [0.25, 0.3) is 10.9 Å². The Morgan fingerprint density at radius 3 is 2.89 bits per heavy atom. The van der Waals surface area contributed by atoms with E-state index < -0.39 is 0 Å². The Morgan fingerprint density at radius 2 is 2.00 bits per heavy atom. The van der Waals surface area contributed by atoms with E-state index in [1.807, 2.05) is 0 Å². The third-order valence-corrected chi connectivity index (χ3v) is 4.42. The van der Waals surface area contributed by atoms with Crippen LogP contribution in [-0.4, -0.2) is 18.1 Å². The van der Waals surface area contributed by atoms with Crippen LogP contribution in [0.2, 0.25) is 0 Å². The number of aromatic nitrogens is 1. The van der Waals surface area contributed by atoms with Crippen molar-refractivity contribution in [3.05, 3.63) is 42.1 Å². The molecule has 3 rings (SSSR count). The van der Waals surface area contributed by atoms with Gasteiger partial charge in [0.15, 0.2) is 0 Å². The maximum absolute atomic E-state index is 4.62. The summed E-state index contributed by atoms with van der Waals surface area (Å²) < 4.78 is 0. The Labute approximate surface area is 115 Å². The normalized spacial score (nSPS) is 24.3. The van der Waals surface area contributed by atoms with Gasteiger partial charge < -0.3 is 5.32 Å². The summed E-state index contributed by atoms with van der Waals surface area (Å²) in [6.07, 6.45) is 8.65. The summed E-state index contributed by atoms with van der Waals surface area (Å²) in [7, 11) is 2.09. The van der Waals surface area contributed by atoms with Crippen LogP contribution < -0.4 is 5.32 Å². The Hall–Kier alpha value is -1.41. The maximum Gasteiger partial charge on any atom is 0.0702 e. The lowest BCUT2D eigenvalue weighted by atomic mass is 9.91. The Bertz CT molecular complexity index is 550. The SMILES string of the molecule is CNC1CCCCC(c2cnc3ccccc3c2)C1. The fourth-order valence-electron chi connectivity index (χ4n) is 3.24. The first-order chi connectivity index (χ1) is 9.36. The highest BCUT2D eigenvalue weighted by Crippen LogP contribution is 2.32. The number of hydrogen-bond acceptors (Lipinski definition) is 2. The second-order valence-corrected chi connectivity index (χ2v) is 5.66. The molecule has 1 aromatic carbocycles. The first kappa shape index (κ1) is 12.6. The van der Waals surface area contributed by atoms with Gasteiger partial charge in [0.05, 0.1) is 5.52 Å². The minimum absolute atomic E-state index is 0.664. The zero-order valence-electron chi connectivity index (χ0n) is 11.6. The van der Waals surface area contributed by atoms with Gasteiger partial charge in [0, 0.05) is 17.6 Å². The molecule has 1 aromatic heterocycles. The fraction of sp³-hybridized carbons (Fsp3) is 0.471. The van der Waals surface area contributed by atoms with Gasteiger partial charge in [-0.25, -0.2) is 0 Å². The van der Waals surface area contributed by atoms with Gasteiger partial charge in [-0.1, -0.05) is 31.0 Å². The summed E-state index contributed by atoms with van der Waals surface area (Å²) in [5.74, 6) is 0.664. The number of nitrogens with one attached hydrogen (secondary N) is 1. The molecule has 1 N–H and O–H groups in total. The van der Waals surface area contributed by atoms with Gasteiger partial charge in [-0.05, 0) is 49.9 Å². The fourth-order valence-corrected chi connectivity index (χ4v) is 3.24. The van der Waals surface area contributed by atoms with Crippen LogP contribution in [0.1, 0.15) is 43.6 Å². The third kappa shape index (κ3) is 2.79. The molecule has 0 bridgehead atoms. The second-order valence-electron chi connectivity index (χ2n) is 5.66. The molecule has 0 amide bonds. The molecule has 2 aromatic rings. The zero-order chi connectivity index (χ0) is 13.1. The van der Waals surface area contributed by atoms with Crippen LogP contribution in [0, 0.1) is 0 Å². The van der Waals surface area contributed by atoms with Gasteiger partial charge in [-0.2, -0.15) is 0 Å². The van der Waals surface area contributed by atoms with Crippen LogP contribution in [0.3, 0.4) is 0 Å². The summed E-state index contributed by atoms with van der Waals surface area (Å²) in [6, 6.07) is 11.4. The molecule has 1 aliphatic carbocycles. The number of hydrogen-bond donors (Lipinski definition) is 1. The first-order valence-corrected chi connectivity index (χ1v) is 7.39. The number of nitrogens with zero attached hydrogens (tertiary/aromatic N) is 1. The van der Waals surface area contributed by atoms with Gasteiger partial charge in [-0.15, -0.1) is 0 Å².